The fourth-order valence-corrected chi connectivity index (χ4v) is 4.39. The van der Waals surface area contributed by atoms with Gasteiger partial charge in [0, 0.05) is 36.4 Å². The van der Waals surface area contributed by atoms with Crippen LogP contribution in [0.15, 0.2) is 30.5 Å². The standard InChI is InChI=1S/C18H19FN2O2/c1-23-17(22)18-7-2-3-12(18)10-21(11-18)16-6-8-20-15-9-13(19)4-5-14(15)16/h4-6,8-9,12H,2-3,7,10-11H2,1H3. The number of esters is 1. The summed E-state index contributed by atoms with van der Waals surface area (Å²) in [6, 6.07) is 6.63. The van der Waals surface area contributed by atoms with E-state index in [4.69, 9.17) is 4.74 Å². The summed E-state index contributed by atoms with van der Waals surface area (Å²) in [5, 5.41) is 0.925. The second-order valence-corrected chi connectivity index (χ2v) is 6.61. The Balaban J connectivity index is 1.74. The number of hydrogen-bond donors (Lipinski definition) is 0. The number of methoxy groups -OCH3 is 1. The molecule has 1 aromatic heterocycles. The summed E-state index contributed by atoms with van der Waals surface area (Å²) in [7, 11) is 1.47. The molecule has 23 heavy (non-hydrogen) atoms. The van der Waals surface area contributed by atoms with Gasteiger partial charge in [-0.2, -0.15) is 0 Å². The van der Waals surface area contributed by atoms with Crippen LogP contribution in [-0.2, 0) is 9.53 Å². The Hall–Kier alpha value is -2.17. The van der Waals surface area contributed by atoms with Crippen LogP contribution in [0.25, 0.3) is 10.9 Å². The quantitative estimate of drug-likeness (QED) is 0.799. The molecule has 2 fully saturated rings. The maximum Gasteiger partial charge on any atom is 0.313 e. The molecule has 4 rings (SSSR count). The molecule has 120 valence electrons. The molecule has 0 N–H and O–H groups in total. The van der Waals surface area contributed by atoms with Gasteiger partial charge in [-0.25, -0.2) is 4.39 Å². The Morgan fingerprint density at radius 1 is 1.43 bits per heavy atom. The molecule has 2 aromatic rings. The van der Waals surface area contributed by atoms with Crippen molar-refractivity contribution < 1.29 is 13.9 Å². The van der Waals surface area contributed by atoms with E-state index >= 15 is 0 Å². The first kappa shape index (κ1) is 14.4. The first-order chi connectivity index (χ1) is 11.1. The van der Waals surface area contributed by atoms with E-state index in [1.807, 2.05) is 6.07 Å². The highest BCUT2D eigenvalue weighted by atomic mass is 19.1. The molecular formula is C18H19FN2O2. The number of hydrogen-bond acceptors (Lipinski definition) is 4. The van der Waals surface area contributed by atoms with E-state index in [0.717, 1.165) is 36.9 Å². The average Bonchev–Trinajstić information content (AvgIpc) is 3.11. The van der Waals surface area contributed by atoms with Crippen molar-refractivity contribution in [1.82, 2.24) is 4.98 Å². The molecule has 2 unspecified atom stereocenters. The molecule has 0 radical (unpaired) electrons. The van der Waals surface area contributed by atoms with E-state index in [1.54, 1.807) is 12.3 Å². The number of ether oxygens (including phenoxy) is 1. The van der Waals surface area contributed by atoms with Crippen molar-refractivity contribution in [1.29, 1.82) is 0 Å². The fourth-order valence-electron chi connectivity index (χ4n) is 4.39. The molecule has 1 saturated heterocycles. The number of rotatable bonds is 2. The predicted molar refractivity (Wildman–Crippen MR) is 85.7 cm³/mol. The number of nitrogens with zero attached hydrogens (tertiary/aromatic N) is 2. The van der Waals surface area contributed by atoms with Gasteiger partial charge < -0.3 is 9.64 Å². The zero-order valence-electron chi connectivity index (χ0n) is 13.1. The molecule has 2 aliphatic rings. The Morgan fingerprint density at radius 2 is 2.30 bits per heavy atom. The third-order valence-electron chi connectivity index (χ3n) is 5.49. The van der Waals surface area contributed by atoms with Gasteiger partial charge in [0.15, 0.2) is 0 Å². The van der Waals surface area contributed by atoms with Crippen LogP contribution in [0.4, 0.5) is 10.1 Å². The van der Waals surface area contributed by atoms with Crippen molar-refractivity contribution in [2.45, 2.75) is 19.3 Å². The zero-order chi connectivity index (χ0) is 16.0. The average molecular weight is 314 g/mol. The number of benzene rings is 1. The van der Waals surface area contributed by atoms with Gasteiger partial charge in [0.25, 0.3) is 0 Å². The topological polar surface area (TPSA) is 42.4 Å². The van der Waals surface area contributed by atoms with Crippen LogP contribution in [0.2, 0.25) is 0 Å². The Bertz CT molecular complexity index is 779. The van der Waals surface area contributed by atoms with Gasteiger partial charge in [0.2, 0.25) is 0 Å². The van der Waals surface area contributed by atoms with E-state index in [9.17, 15) is 9.18 Å². The van der Waals surface area contributed by atoms with Crippen LogP contribution in [0, 0.1) is 17.2 Å². The molecule has 2 atom stereocenters. The van der Waals surface area contributed by atoms with Gasteiger partial charge in [-0.1, -0.05) is 6.42 Å². The number of aromatic nitrogens is 1. The largest absolute Gasteiger partial charge is 0.469 e. The first-order valence-electron chi connectivity index (χ1n) is 8.02. The molecule has 0 spiro atoms. The lowest BCUT2D eigenvalue weighted by Gasteiger charge is -2.26. The maximum absolute atomic E-state index is 13.4. The van der Waals surface area contributed by atoms with Crippen molar-refractivity contribution >= 4 is 22.6 Å². The highest BCUT2D eigenvalue weighted by Gasteiger charge is 2.55. The molecule has 0 bridgehead atoms. The van der Waals surface area contributed by atoms with E-state index < -0.39 is 0 Å². The summed E-state index contributed by atoms with van der Waals surface area (Å²) in [4.78, 5) is 18.9. The summed E-state index contributed by atoms with van der Waals surface area (Å²) in [5.74, 6) is -0.0445. The minimum Gasteiger partial charge on any atom is -0.469 e. The molecule has 1 aromatic carbocycles. The maximum atomic E-state index is 13.4. The summed E-state index contributed by atoms with van der Waals surface area (Å²) in [6.07, 6.45) is 4.73. The molecule has 5 heteroatoms. The summed E-state index contributed by atoms with van der Waals surface area (Å²) in [6.45, 7) is 1.51. The number of fused-ring (bicyclic) bond motifs is 2. The number of halogens is 1. The monoisotopic (exact) mass is 314 g/mol. The highest BCUT2D eigenvalue weighted by Crippen LogP contribution is 2.50. The van der Waals surface area contributed by atoms with Gasteiger partial charge in [0.05, 0.1) is 18.0 Å². The number of pyridine rings is 1. The van der Waals surface area contributed by atoms with Crippen molar-refractivity contribution in [3.05, 3.63) is 36.3 Å². The molecule has 1 aliphatic heterocycles. The summed E-state index contributed by atoms with van der Waals surface area (Å²) in [5.41, 5.74) is 1.28. The minimum atomic E-state index is -0.385. The van der Waals surface area contributed by atoms with E-state index in [0.29, 0.717) is 18.0 Å². The van der Waals surface area contributed by atoms with Crippen molar-refractivity contribution in [3.63, 3.8) is 0 Å². The third kappa shape index (κ3) is 2.10. The Morgan fingerprint density at radius 3 is 3.13 bits per heavy atom. The van der Waals surface area contributed by atoms with Crippen LogP contribution >= 0.6 is 0 Å². The van der Waals surface area contributed by atoms with Crippen molar-refractivity contribution in [2.75, 3.05) is 25.1 Å². The van der Waals surface area contributed by atoms with Gasteiger partial charge >= 0.3 is 5.97 Å². The van der Waals surface area contributed by atoms with Gasteiger partial charge in [-0.15, -0.1) is 0 Å². The zero-order valence-corrected chi connectivity index (χ0v) is 13.1. The van der Waals surface area contributed by atoms with Crippen LogP contribution in [0.5, 0.6) is 0 Å². The molecule has 1 saturated carbocycles. The second-order valence-electron chi connectivity index (χ2n) is 6.61. The SMILES string of the molecule is COC(=O)C12CCCC1CN(c1ccnc3cc(F)ccc13)C2. The first-order valence-corrected chi connectivity index (χ1v) is 8.02. The van der Waals surface area contributed by atoms with E-state index in [1.165, 1.54) is 19.2 Å². The van der Waals surface area contributed by atoms with Gasteiger partial charge in [-0.3, -0.25) is 9.78 Å². The van der Waals surface area contributed by atoms with Gasteiger partial charge in [0.1, 0.15) is 5.82 Å². The van der Waals surface area contributed by atoms with E-state index in [2.05, 4.69) is 9.88 Å². The van der Waals surface area contributed by atoms with Crippen LogP contribution in [-0.4, -0.2) is 31.2 Å². The Kier molecular flexibility index (Phi) is 3.25. The van der Waals surface area contributed by atoms with E-state index in [-0.39, 0.29) is 17.2 Å². The van der Waals surface area contributed by atoms with Crippen LogP contribution in [0.1, 0.15) is 19.3 Å². The van der Waals surface area contributed by atoms with Crippen molar-refractivity contribution in [3.8, 4) is 0 Å². The number of anilines is 1. The molecule has 0 amide bonds. The summed E-state index contributed by atoms with van der Waals surface area (Å²) >= 11 is 0. The van der Waals surface area contributed by atoms with Crippen LogP contribution < -0.4 is 4.90 Å². The summed E-state index contributed by atoms with van der Waals surface area (Å²) < 4.78 is 18.5. The molecule has 1 aliphatic carbocycles. The lowest BCUT2D eigenvalue weighted by Crippen LogP contribution is -2.36. The third-order valence-corrected chi connectivity index (χ3v) is 5.49. The molecule has 2 heterocycles. The number of carbonyl (C=O) groups is 1. The highest BCUT2D eigenvalue weighted by molar-refractivity contribution is 5.92. The smallest absolute Gasteiger partial charge is 0.313 e. The fraction of sp³-hybridized carbons (Fsp3) is 0.444. The molecule has 4 nitrogen and oxygen atoms in total. The number of carbonyl (C=O) groups excluding carboxylic acids is 1. The Labute approximate surface area is 134 Å². The molecular weight excluding hydrogens is 295 g/mol. The minimum absolute atomic E-state index is 0.0908. The second kappa shape index (κ2) is 5.18. The predicted octanol–water partition coefficient (Wildman–Crippen LogP) is 3.15. The van der Waals surface area contributed by atoms with Crippen LogP contribution in [0.3, 0.4) is 0 Å². The lowest BCUT2D eigenvalue weighted by atomic mass is 9.81. The van der Waals surface area contributed by atoms with Gasteiger partial charge in [-0.05, 0) is 37.0 Å². The van der Waals surface area contributed by atoms with Crippen molar-refractivity contribution in [2.24, 2.45) is 11.3 Å². The normalized spacial score (nSPS) is 26.5. The lowest BCUT2D eigenvalue weighted by molar-refractivity contribution is -0.152.